The van der Waals surface area contributed by atoms with Gasteiger partial charge in [0.25, 0.3) is 0 Å². The molecule has 0 aliphatic rings. The fourth-order valence-corrected chi connectivity index (χ4v) is 1.88. The van der Waals surface area contributed by atoms with E-state index >= 15 is 0 Å². The first-order valence-electron chi connectivity index (χ1n) is 4.73. The standard InChI is InChI=1S/C14H9.Eu/c1-3-7-13-11(5-1)9-10-12-6-2-4-8-14(12)13;/h1-5,7-10H;/q-1;. The maximum atomic E-state index is 3.24. The summed E-state index contributed by atoms with van der Waals surface area (Å²) in [6.07, 6.45) is 0. The molecular formula is C14H9Eu-. The average molecular weight is 329 g/mol. The van der Waals surface area contributed by atoms with E-state index in [1.54, 1.807) is 0 Å². The number of fused-ring (bicyclic) bond motifs is 3. The molecule has 0 atom stereocenters. The van der Waals surface area contributed by atoms with Gasteiger partial charge >= 0.3 is 0 Å². The molecule has 0 N–H and O–H groups in total. The van der Waals surface area contributed by atoms with Gasteiger partial charge < -0.3 is 0 Å². The van der Waals surface area contributed by atoms with Crippen LogP contribution in [0.15, 0.2) is 54.6 Å². The van der Waals surface area contributed by atoms with Crippen LogP contribution in [0.4, 0.5) is 0 Å². The summed E-state index contributed by atoms with van der Waals surface area (Å²) in [4.78, 5) is 0. The third-order valence-electron chi connectivity index (χ3n) is 2.57. The molecule has 0 aromatic heterocycles. The summed E-state index contributed by atoms with van der Waals surface area (Å²) in [6, 6.07) is 22.1. The van der Waals surface area contributed by atoms with Crippen LogP contribution in [-0.2, 0) is 0 Å². The fourth-order valence-electron chi connectivity index (χ4n) is 1.88. The second-order valence-electron chi connectivity index (χ2n) is 3.42. The minimum atomic E-state index is 0. The zero-order valence-electron chi connectivity index (χ0n) is 8.07. The molecule has 15 heavy (non-hydrogen) atoms. The molecule has 73 valence electrons. The molecular weight excluding hydrogens is 320 g/mol. The zero-order chi connectivity index (χ0) is 9.38. The topological polar surface area (TPSA) is 0 Å². The van der Waals surface area contributed by atoms with Crippen molar-refractivity contribution in [3.05, 3.63) is 60.7 Å². The van der Waals surface area contributed by atoms with Crippen LogP contribution in [0.3, 0.4) is 0 Å². The van der Waals surface area contributed by atoms with Crippen LogP contribution in [0, 0.1) is 55.4 Å². The smallest absolute Gasteiger partial charge is 0 e. The SMILES string of the molecule is [Eu].[c-]1cccc2c1ccc1ccccc12. The molecule has 0 saturated heterocycles. The van der Waals surface area contributed by atoms with E-state index in [9.17, 15) is 0 Å². The van der Waals surface area contributed by atoms with Gasteiger partial charge in [0.15, 0.2) is 0 Å². The molecule has 0 aliphatic carbocycles. The predicted molar refractivity (Wildman–Crippen MR) is 60.3 cm³/mol. The maximum Gasteiger partial charge on any atom is 0 e. The Morgan fingerprint density at radius 1 is 0.733 bits per heavy atom. The minimum Gasteiger partial charge on any atom is -0.147 e. The van der Waals surface area contributed by atoms with Crippen molar-refractivity contribution in [1.82, 2.24) is 0 Å². The molecule has 0 spiro atoms. The Morgan fingerprint density at radius 2 is 1.53 bits per heavy atom. The number of benzene rings is 3. The second-order valence-corrected chi connectivity index (χ2v) is 3.42. The Bertz CT molecular complexity index is 544. The second kappa shape index (κ2) is 4.73. The van der Waals surface area contributed by atoms with Crippen molar-refractivity contribution < 1.29 is 49.4 Å². The minimum absolute atomic E-state index is 0. The van der Waals surface area contributed by atoms with E-state index in [1.807, 2.05) is 12.1 Å². The fraction of sp³-hybridized carbons (Fsp3) is 0. The van der Waals surface area contributed by atoms with Crippen LogP contribution < -0.4 is 0 Å². The Kier molecular flexibility index (Phi) is 3.55. The van der Waals surface area contributed by atoms with E-state index in [-0.39, 0.29) is 49.4 Å². The summed E-state index contributed by atoms with van der Waals surface area (Å²) in [7, 11) is 0. The molecule has 0 saturated carbocycles. The van der Waals surface area contributed by atoms with Crippen molar-refractivity contribution in [1.29, 1.82) is 0 Å². The van der Waals surface area contributed by atoms with Crippen molar-refractivity contribution in [3.8, 4) is 0 Å². The molecule has 0 heterocycles. The third-order valence-corrected chi connectivity index (χ3v) is 2.57. The van der Waals surface area contributed by atoms with Gasteiger partial charge in [0.05, 0.1) is 0 Å². The van der Waals surface area contributed by atoms with Crippen molar-refractivity contribution in [3.63, 3.8) is 0 Å². The van der Waals surface area contributed by atoms with Crippen molar-refractivity contribution >= 4 is 21.5 Å². The summed E-state index contributed by atoms with van der Waals surface area (Å²) < 4.78 is 0. The third kappa shape index (κ3) is 2.01. The molecule has 1 radical (unpaired) electrons. The summed E-state index contributed by atoms with van der Waals surface area (Å²) >= 11 is 0. The largest absolute Gasteiger partial charge is 0.147 e. The molecule has 0 amide bonds. The van der Waals surface area contributed by atoms with Gasteiger partial charge in [0, 0.05) is 49.4 Å². The van der Waals surface area contributed by atoms with Crippen LogP contribution in [0.2, 0.25) is 0 Å². The van der Waals surface area contributed by atoms with Gasteiger partial charge in [-0.1, -0.05) is 35.7 Å². The molecule has 3 rings (SSSR count). The van der Waals surface area contributed by atoms with E-state index in [0.717, 1.165) is 0 Å². The summed E-state index contributed by atoms with van der Waals surface area (Å²) in [5.41, 5.74) is 0. The summed E-state index contributed by atoms with van der Waals surface area (Å²) in [5.74, 6) is 0. The van der Waals surface area contributed by atoms with Crippen LogP contribution in [-0.4, -0.2) is 0 Å². The predicted octanol–water partition coefficient (Wildman–Crippen LogP) is 3.79. The van der Waals surface area contributed by atoms with Crippen LogP contribution in [0.1, 0.15) is 0 Å². The number of hydrogen-bond donors (Lipinski definition) is 0. The van der Waals surface area contributed by atoms with Gasteiger partial charge in [-0.2, -0.15) is 0 Å². The van der Waals surface area contributed by atoms with Gasteiger partial charge in [-0.3, -0.25) is 0 Å². The zero-order valence-corrected chi connectivity index (χ0v) is 10.5. The summed E-state index contributed by atoms with van der Waals surface area (Å²) in [5, 5.41) is 5.07. The van der Waals surface area contributed by atoms with Gasteiger partial charge in [-0.25, -0.2) is 0 Å². The molecule has 0 nitrogen and oxygen atoms in total. The van der Waals surface area contributed by atoms with Crippen molar-refractivity contribution in [2.75, 3.05) is 0 Å². The van der Waals surface area contributed by atoms with Crippen molar-refractivity contribution in [2.24, 2.45) is 0 Å². The first-order valence-corrected chi connectivity index (χ1v) is 4.73. The molecule has 3 aromatic carbocycles. The Hall–Kier alpha value is -0.236. The van der Waals surface area contributed by atoms with Gasteiger partial charge in [0.2, 0.25) is 0 Å². The average Bonchev–Trinajstić information content (AvgIpc) is 2.29. The monoisotopic (exact) mass is 330 g/mol. The van der Waals surface area contributed by atoms with Crippen molar-refractivity contribution in [2.45, 2.75) is 0 Å². The van der Waals surface area contributed by atoms with E-state index < -0.39 is 0 Å². The normalized spacial score (nSPS) is 10.1. The van der Waals surface area contributed by atoms with Gasteiger partial charge in [0.1, 0.15) is 0 Å². The quantitative estimate of drug-likeness (QED) is 0.435. The van der Waals surface area contributed by atoms with E-state index in [2.05, 4.69) is 48.5 Å². The molecule has 3 aromatic rings. The number of hydrogen-bond acceptors (Lipinski definition) is 0. The number of rotatable bonds is 0. The van der Waals surface area contributed by atoms with E-state index in [4.69, 9.17) is 0 Å². The van der Waals surface area contributed by atoms with Crippen LogP contribution in [0.25, 0.3) is 21.5 Å². The molecule has 1 heteroatoms. The molecule has 0 aliphatic heterocycles. The van der Waals surface area contributed by atoms with Gasteiger partial charge in [-0.15, -0.1) is 41.1 Å². The molecule has 0 bridgehead atoms. The van der Waals surface area contributed by atoms with Gasteiger partial charge in [-0.05, 0) is 5.39 Å². The Morgan fingerprint density at radius 3 is 2.47 bits per heavy atom. The maximum absolute atomic E-state index is 3.24. The Balaban J connectivity index is 0.000000853. The Labute approximate surface area is 130 Å². The molecule has 0 fully saturated rings. The first kappa shape index (κ1) is 11.3. The van der Waals surface area contributed by atoms with Crippen LogP contribution >= 0.6 is 0 Å². The van der Waals surface area contributed by atoms with Crippen LogP contribution in [0.5, 0.6) is 0 Å². The first-order chi connectivity index (χ1) is 6.95. The summed E-state index contributed by atoms with van der Waals surface area (Å²) in [6.45, 7) is 0. The van der Waals surface area contributed by atoms with E-state index in [0.29, 0.717) is 0 Å². The van der Waals surface area contributed by atoms with E-state index in [1.165, 1.54) is 21.5 Å². The molecule has 0 unspecified atom stereocenters.